The van der Waals surface area contributed by atoms with Crippen molar-refractivity contribution in [3.8, 4) is 5.75 Å². The van der Waals surface area contributed by atoms with Crippen molar-refractivity contribution in [2.75, 3.05) is 18.0 Å². The fraction of sp³-hybridized carbons (Fsp3) is 0.414. The van der Waals surface area contributed by atoms with Crippen molar-refractivity contribution in [2.24, 2.45) is 5.92 Å². The van der Waals surface area contributed by atoms with Crippen molar-refractivity contribution in [1.82, 2.24) is 0 Å². The lowest BCUT2D eigenvalue weighted by Gasteiger charge is -2.25. The van der Waals surface area contributed by atoms with E-state index in [1.54, 1.807) is 0 Å². The number of allylic oxidation sites excluding steroid dienone is 3. The molecule has 0 bridgehead atoms. The van der Waals surface area contributed by atoms with Crippen LogP contribution in [-0.4, -0.2) is 24.2 Å². The smallest absolute Gasteiger partial charge is 0.303 e. The van der Waals surface area contributed by atoms with Gasteiger partial charge in [0.1, 0.15) is 12.4 Å². The highest BCUT2D eigenvalue weighted by molar-refractivity contribution is 5.67. The van der Waals surface area contributed by atoms with Gasteiger partial charge in [-0.1, -0.05) is 68.8 Å². The van der Waals surface area contributed by atoms with E-state index in [0.29, 0.717) is 18.9 Å². The van der Waals surface area contributed by atoms with Crippen LogP contribution < -0.4 is 9.64 Å². The molecule has 178 valence electrons. The fourth-order valence-electron chi connectivity index (χ4n) is 3.90. The SMILES string of the molecule is CC.CC1=C/C(C)CCCN(c2cccc(COc3ccc(CCC(=O)O)cc3)c2)C/C=C\1. The van der Waals surface area contributed by atoms with Gasteiger partial charge in [-0.05, 0) is 67.5 Å². The van der Waals surface area contributed by atoms with Gasteiger partial charge in [-0.2, -0.15) is 0 Å². The molecule has 1 heterocycles. The Morgan fingerprint density at radius 3 is 2.61 bits per heavy atom. The normalized spacial score (nSPS) is 18.8. The van der Waals surface area contributed by atoms with Gasteiger partial charge in [0.05, 0.1) is 0 Å². The predicted molar refractivity (Wildman–Crippen MR) is 138 cm³/mol. The standard InChI is InChI=1S/C27H33NO3.C2H6/c1-21-6-4-16-28(17-5-7-22(2)18-21)25-9-3-8-24(19-25)20-31-26-13-10-23(11-14-26)12-15-27(29)30;1-2/h3-4,6,8-11,13-14,18-19,22H,5,7,12,15-17,20H2,1-2H3,(H,29,30);1-2H3/b6-4-,21-18-;. The van der Waals surface area contributed by atoms with Crippen molar-refractivity contribution in [3.05, 3.63) is 83.5 Å². The summed E-state index contributed by atoms with van der Waals surface area (Å²) in [6.07, 6.45) is 9.90. The second-order valence-electron chi connectivity index (χ2n) is 8.37. The maximum Gasteiger partial charge on any atom is 0.303 e. The zero-order valence-corrected chi connectivity index (χ0v) is 20.6. The molecule has 0 fully saturated rings. The molecular weight excluding hydrogens is 410 g/mol. The molecule has 1 aliphatic heterocycles. The van der Waals surface area contributed by atoms with E-state index < -0.39 is 5.97 Å². The lowest BCUT2D eigenvalue weighted by Crippen LogP contribution is -2.25. The van der Waals surface area contributed by atoms with Gasteiger partial charge in [-0.25, -0.2) is 0 Å². The highest BCUT2D eigenvalue weighted by Crippen LogP contribution is 2.21. The minimum absolute atomic E-state index is 0.146. The number of carboxylic acid groups (broad SMARTS) is 1. The molecule has 4 heteroatoms. The molecule has 0 radical (unpaired) electrons. The second-order valence-corrected chi connectivity index (χ2v) is 8.37. The van der Waals surface area contributed by atoms with Gasteiger partial charge in [0, 0.05) is 25.2 Å². The van der Waals surface area contributed by atoms with Crippen LogP contribution in [0.4, 0.5) is 5.69 Å². The maximum atomic E-state index is 10.7. The average molecular weight is 450 g/mol. The molecule has 2 aromatic carbocycles. The van der Waals surface area contributed by atoms with Crippen LogP contribution in [0.1, 0.15) is 58.1 Å². The Labute approximate surface area is 199 Å². The third-order valence-corrected chi connectivity index (χ3v) is 5.57. The molecule has 0 aromatic heterocycles. The van der Waals surface area contributed by atoms with Gasteiger partial charge in [0.2, 0.25) is 0 Å². The first-order chi connectivity index (χ1) is 16.0. The van der Waals surface area contributed by atoms with Crippen molar-refractivity contribution in [3.63, 3.8) is 0 Å². The van der Waals surface area contributed by atoms with Gasteiger partial charge in [0.15, 0.2) is 0 Å². The summed E-state index contributed by atoms with van der Waals surface area (Å²) in [4.78, 5) is 13.1. The lowest BCUT2D eigenvalue weighted by molar-refractivity contribution is -0.136. The van der Waals surface area contributed by atoms with E-state index in [-0.39, 0.29) is 6.42 Å². The summed E-state index contributed by atoms with van der Waals surface area (Å²) in [6.45, 7) is 10.9. The highest BCUT2D eigenvalue weighted by atomic mass is 16.5. The van der Waals surface area contributed by atoms with Crippen LogP contribution >= 0.6 is 0 Å². The zero-order valence-electron chi connectivity index (χ0n) is 20.6. The number of anilines is 1. The summed E-state index contributed by atoms with van der Waals surface area (Å²) in [6, 6.07) is 16.3. The molecule has 4 nitrogen and oxygen atoms in total. The number of hydrogen-bond donors (Lipinski definition) is 1. The van der Waals surface area contributed by atoms with Crippen LogP contribution in [0.3, 0.4) is 0 Å². The molecule has 1 atom stereocenters. The quantitative estimate of drug-likeness (QED) is 0.492. The minimum Gasteiger partial charge on any atom is -0.489 e. The van der Waals surface area contributed by atoms with E-state index in [4.69, 9.17) is 9.84 Å². The number of nitrogens with zero attached hydrogens (tertiary/aromatic N) is 1. The summed E-state index contributed by atoms with van der Waals surface area (Å²) in [5.74, 6) is 0.630. The molecule has 2 aromatic rings. The van der Waals surface area contributed by atoms with E-state index in [1.807, 2.05) is 38.1 Å². The Balaban J connectivity index is 0.00000187. The topological polar surface area (TPSA) is 49.8 Å². The zero-order chi connectivity index (χ0) is 24.1. The van der Waals surface area contributed by atoms with Gasteiger partial charge < -0.3 is 14.7 Å². The Morgan fingerprint density at radius 1 is 1.12 bits per heavy atom. The third-order valence-electron chi connectivity index (χ3n) is 5.57. The Hall–Kier alpha value is -3.01. The first kappa shape index (κ1) is 26.2. The number of aliphatic carboxylic acids is 1. The predicted octanol–water partition coefficient (Wildman–Crippen LogP) is 7.05. The molecule has 0 amide bonds. The van der Waals surface area contributed by atoms with Gasteiger partial charge in [-0.15, -0.1) is 0 Å². The minimum atomic E-state index is -0.775. The monoisotopic (exact) mass is 449 g/mol. The molecule has 0 saturated heterocycles. The number of rotatable bonds is 7. The number of benzene rings is 2. The fourth-order valence-corrected chi connectivity index (χ4v) is 3.90. The molecule has 1 unspecified atom stereocenters. The second kappa shape index (κ2) is 14.2. The van der Waals surface area contributed by atoms with Gasteiger partial charge in [0.25, 0.3) is 0 Å². The van der Waals surface area contributed by atoms with Crippen LogP contribution in [0.2, 0.25) is 0 Å². The van der Waals surface area contributed by atoms with Crippen LogP contribution in [-0.2, 0) is 17.8 Å². The van der Waals surface area contributed by atoms with Crippen LogP contribution in [0.25, 0.3) is 0 Å². The summed E-state index contributed by atoms with van der Waals surface area (Å²) >= 11 is 0. The van der Waals surface area contributed by atoms with Crippen LogP contribution in [0.15, 0.2) is 72.3 Å². The van der Waals surface area contributed by atoms with E-state index in [1.165, 1.54) is 24.1 Å². The van der Waals surface area contributed by atoms with Crippen molar-refractivity contribution < 1.29 is 14.6 Å². The molecule has 1 N–H and O–H groups in total. The molecule has 33 heavy (non-hydrogen) atoms. The van der Waals surface area contributed by atoms with E-state index >= 15 is 0 Å². The largest absolute Gasteiger partial charge is 0.489 e. The van der Waals surface area contributed by atoms with Crippen LogP contribution in [0, 0.1) is 5.92 Å². The lowest BCUT2D eigenvalue weighted by atomic mass is 10.0. The Bertz CT molecular complexity index is 915. The molecule has 0 saturated carbocycles. The van der Waals surface area contributed by atoms with Gasteiger partial charge in [-0.3, -0.25) is 4.79 Å². The summed E-state index contributed by atoms with van der Waals surface area (Å²) in [5.41, 5.74) is 4.71. The molecule has 0 aliphatic carbocycles. The Kier molecular flexibility index (Phi) is 11.3. The van der Waals surface area contributed by atoms with Crippen molar-refractivity contribution >= 4 is 11.7 Å². The van der Waals surface area contributed by atoms with Crippen LogP contribution in [0.5, 0.6) is 5.75 Å². The third kappa shape index (κ3) is 9.56. The number of hydrogen-bond acceptors (Lipinski definition) is 3. The number of carboxylic acids is 1. The van der Waals surface area contributed by atoms with Crippen molar-refractivity contribution in [2.45, 2.75) is 60.0 Å². The summed E-state index contributed by atoms with van der Waals surface area (Å²) in [7, 11) is 0. The number of carbonyl (C=O) groups is 1. The van der Waals surface area contributed by atoms with E-state index in [0.717, 1.165) is 30.0 Å². The average Bonchev–Trinajstić information content (AvgIpc) is 2.82. The summed E-state index contributed by atoms with van der Waals surface area (Å²) in [5, 5.41) is 8.80. The number of ether oxygens (including phenoxy) is 1. The molecule has 3 rings (SSSR count). The maximum absolute atomic E-state index is 10.7. The van der Waals surface area contributed by atoms with Crippen molar-refractivity contribution in [1.29, 1.82) is 0 Å². The first-order valence-electron chi connectivity index (χ1n) is 12.1. The molecule has 1 aliphatic rings. The number of aryl methyl sites for hydroxylation is 1. The molecule has 0 spiro atoms. The first-order valence-corrected chi connectivity index (χ1v) is 12.1. The highest BCUT2D eigenvalue weighted by Gasteiger charge is 2.09. The molecular formula is C29H39NO3. The van der Waals surface area contributed by atoms with E-state index in [2.05, 4.69) is 61.2 Å². The summed E-state index contributed by atoms with van der Waals surface area (Å²) < 4.78 is 5.97. The van der Waals surface area contributed by atoms with Gasteiger partial charge >= 0.3 is 5.97 Å². The van der Waals surface area contributed by atoms with E-state index in [9.17, 15) is 4.79 Å². The Morgan fingerprint density at radius 2 is 1.88 bits per heavy atom.